The number of piperidine rings is 1. The highest BCUT2D eigenvalue weighted by atomic mass is 19.1. The maximum atomic E-state index is 13.8. The average Bonchev–Trinajstić information content (AvgIpc) is 2.63. The highest BCUT2D eigenvalue weighted by molar-refractivity contribution is 5.75. The predicted octanol–water partition coefficient (Wildman–Crippen LogP) is 3.52. The summed E-state index contributed by atoms with van der Waals surface area (Å²) >= 11 is 0. The Kier molecular flexibility index (Phi) is 5.03. The molecule has 1 aliphatic heterocycles. The third-order valence-corrected chi connectivity index (χ3v) is 4.27. The lowest BCUT2D eigenvalue weighted by atomic mass is 9.93. The van der Waals surface area contributed by atoms with Crippen molar-refractivity contribution in [1.29, 1.82) is 0 Å². The smallest absolute Gasteiger partial charge is 0.241 e. The number of carbonyl (C=O) groups is 1. The van der Waals surface area contributed by atoms with Crippen molar-refractivity contribution in [2.45, 2.75) is 32.1 Å². The Bertz CT molecular complexity index is 715. The van der Waals surface area contributed by atoms with Gasteiger partial charge >= 0.3 is 0 Å². The highest BCUT2D eigenvalue weighted by Gasteiger charge is 2.27. The van der Waals surface area contributed by atoms with Crippen LogP contribution in [0.1, 0.15) is 37.8 Å². The fourth-order valence-corrected chi connectivity index (χ4v) is 2.95. The monoisotopic (exact) mass is 329 g/mol. The van der Waals surface area contributed by atoms with E-state index in [9.17, 15) is 9.18 Å². The quantitative estimate of drug-likeness (QED) is 0.861. The molecule has 0 radical (unpaired) electrons. The minimum Gasteiger partial charge on any atom is -0.434 e. The van der Waals surface area contributed by atoms with Crippen molar-refractivity contribution in [3.05, 3.63) is 48.2 Å². The summed E-state index contributed by atoms with van der Waals surface area (Å²) in [5.41, 5.74) is 0.726. The lowest BCUT2D eigenvalue weighted by Gasteiger charge is -2.31. The number of aromatic nitrogens is 2. The van der Waals surface area contributed by atoms with Gasteiger partial charge in [-0.3, -0.25) is 9.78 Å². The largest absolute Gasteiger partial charge is 0.434 e. The van der Waals surface area contributed by atoms with Crippen LogP contribution in [0.5, 0.6) is 11.6 Å². The van der Waals surface area contributed by atoms with Crippen molar-refractivity contribution < 1.29 is 13.9 Å². The number of ether oxygens (including phenoxy) is 1. The molecule has 0 N–H and O–H groups in total. The summed E-state index contributed by atoms with van der Waals surface area (Å²) in [4.78, 5) is 22.3. The Hall–Kier alpha value is -2.50. The Morgan fingerprint density at radius 2 is 1.96 bits per heavy atom. The zero-order valence-electron chi connectivity index (χ0n) is 13.6. The van der Waals surface area contributed by atoms with E-state index in [4.69, 9.17) is 4.74 Å². The molecule has 6 heteroatoms. The van der Waals surface area contributed by atoms with Crippen LogP contribution in [-0.2, 0) is 4.79 Å². The van der Waals surface area contributed by atoms with Crippen molar-refractivity contribution in [2.24, 2.45) is 0 Å². The fourth-order valence-electron chi connectivity index (χ4n) is 2.95. The Labute approximate surface area is 140 Å². The number of nitrogens with zero attached hydrogens (tertiary/aromatic N) is 3. The minimum absolute atomic E-state index is 0.137. The molecule has 1 aromatic heterocycles. The molecule has 0 saturated carbocycles. The summed E-state index contributed by atoms with van der Waals surface area (Å²) in [5, 5.41) is 0. The number of benzene rings is 1. The van der Waals surface area contributed by atoms with E-state index >= 15 is 0 Å². The van der Waals surface area contributed by atoms with E-state index in [0.29, 0.717) is 25.4 Å². The number of para-hydroxylation sites is 1. The molecule has 2 aromatic rings. The topological polar surface area (TPSA) is 55.3 Å². The molecular formula is C18H20FN3O2. The highest BCUT2D eigenvalue weighted by Crippen LogP contribution is 2.34. The molecule has 0 unspecified atom stereocenters. The van der Waals surface area contributed by atoms with Crippen molar-refractivity contribution in [2.75, 3.05) is 13.1 Å². The molecule has 1 aromatic carbocycles. The van der Waals surface area contributed by atoms with Crippen LogP contribution in [0.15, 0.2) is 36.7 Å². The molecule has 0 spiro atoms. The lowest BCUT2D eigenvalue weighted by molar-refractivity contribution is -0.131. The van der Waals surface area contributed by atoms with Gasteiger partial charge < -0.3 is 9.64 Å². The Balaban J connectivity index is 1.76. The zero-order valence-corrected chi connectivity index (χ0v) is 13.6. The van der Waals surface area contributed by atoms with Crippen LogP contribution in [0, 0.1) is 5.82 Å². The van der Waals surface area contributed by atoms with Crippen LogP contribution in [0.3, 0.4) is 0 Å². The van der Waals surface area contributed by atoms with Crippen LogP contribution >= 0.6 is 0 Å². The number of amides is 1. The van der Waals surface area contributed by atoms with Gasteiger partial charge in [-0.25, -0.2) is 9.37 Å². The summed E-state index contributed by atoms with van der Waals surface area (Å²) in [5.74, 6) is 0.370. The third-order valence-electron chi connectivity index (χ3n) is 4.27. The van der Waals surface area contributed by atoms with E-state index in [1.165, 1.54) is 12.3 Å². The second-order valence-corrected chi connectivity index (χ2v) is 5.79. The summed E-state index contributed by atoms with van der Waals surface area (Å²) < 4.78 is 19.5. The predicted molar refractivity (Wildman–Crippen MR) is 87.4 cm³/mol. The molecule has 0 aliphatic carbocycles. The molecular weight excluding hydrogens is 309 g/mol. The van der Waals surface area contributed by atoms with Gasteiger partial charge in [-0.15, -0.1) is 0 Å². The van der Waals surface area contributed by atoms with E-state index in [-0.39, 0.29) is 17.6 Å². The molecule has 2 heterocycles. The number of rotatable bonds is 4. The number of hydrogen-bond donors (Lipinski definition) is 0. The molecule has 1 aliphatic rings. The third kappa shape index (κ3) is 3.53. The summed E-state index contributed by atoms with van der Waals surface area (Å²) in [6.45, 7) is 3.28. The van der Waals surface area contributed by atoms with E-state index in [2.05, 4.69) is 9.97 Å². The van der Waals surface area contributed by atoms with Gasteiger partial charge in [0.15, 0.2) is 11.6 Å². The molecule has 0 bridgehead atoms. The number of halogens is 1. The standard InChI is InChI=1S/C18H20FN3O2/c1-2-16(23)22-11-7-13(8-12-22)17-18(21-10-9-20-17)24-15-6-4-3-5-14(15)19/h3-6,9-10,13H,2,7-8,11-12H2,1H3. The van der Waals surface area contributed by atoms with E-state index in [1.807, 2.05) is 11.8 Å². The molecule has 1 saturated heterocycles. The summed E-state index contributed by atoms with van der Waals surface area (Å²) in [6, 6.07) is 6.24. The van der Waals surface area contributed by atoms with Gasteiger partial charge in [0.1, 0.15) is 5.69 Å². The Morgan fingerprint density at radius 1 is 1.25 bits per heavy atom. The van der Waals surface area contributed by atoms with Crippen LogP contribution in [0.2, 0.25) is 0 Å². The van der Waals surface area contributed by atoms with Gasteiger partial charge in [0.25, 0.3) is 0 Å². The van der Waals surface area contributed by atoms with Crippen molar-refractivity contribution in [3.63, 3.8) is 0 Å². The molecule has 126 valence electrons. The van der Waals surface area contributed by atoms with E-state index in [1.54, 1.807) is 24.4 Å². The SMILES string of the molecule is CCC(=O)N1CCC(c2nccnc2Oc2ccccc2F)CC1. The fraction of sp³-hybridized carbons (Fsp3) is 0.389. The van der Waals surface area contributed by atoms with Crippen LogP contribution in [-0.4, -0.2) is 33.9 Å². The first-order valence-corrected chi connectivity index (χ1v) is 8.20. The van der Waals surface area contributed by atoms with E-state index in [0.717, 1.165) is 18.5 Å². The second kappa shape index (κ2) is 7.38. The molecule has 1 fully saturated rings. The first-order valence-electron chi connectivity index (χ1n) is 8.20. The maximum absolute atomic E-state index is 13.8. The molecule has 1 amide bonds. The molecule has 0 atom stereocenters. The maximum Gasteiger partial charge on any atom is 0.241 e. The summed E-state index contributed by atoms with van der Waals surface area (Å²) in [6.07, 6.45) is 5.29. The second-order valence-electron chi connectivity index (χ2n) is 5.79. The van der Waals surface area contributed by atoms with Crippen LogP contribution < -0.4 is 4.74 Å². The van der Waals surface area contributed by atoms with Gasteiger partial charge in [0.2, 0.25) is 11.8 Å². The first kappa shape index (κ1) is 16.4. The van der Waals surface area contributed by atoms with Crippen LogP contribution in [0.25, 0.3) is 0 Å². The van der Waals surface area contributed by atoms with Crippen molar-refractivity contribution in [3.8, 4) is 11.6 Å². The molecule has 24 heavy (non-hydrogen) atoms. The minimum atomic E-state index is -0.433. The average molecular weight is 329 g/mol. The number of likely N-dealkylation sites (tertiary alicyclic amines) is 1. The van der Waals surface area contributed by atoms with Gasteiger partial charge in [-0.2, -0.15) is 0 Å². The van der Waals surface area contributed by atoms with Crippen molar-refractivity contribution in [1.82, 2.24) is 14.9 Å². The van der Waals surface area contributed by atoms with Gasteiger partial charge in [0.05, 0.1) is 0 Å². The van der Waals surface area contributed by atoms with E-state index < -0.39 is 5.82 Å². The van der Waals surface area contributed by atoms with Gasteiger partial charge in [0, 0.05) is 37.8 Å². The molecule has 3 rings (SSSR count). The lowest BCUT2D eigenvalue weighted by Crippen LogP contribution is -2.37. The van der Waals surface area contributed by atoms with Crippen LogP contribution in [0.4, 0.5) is 4.39 Å². The first-order chi connectivity index (χ1) is 11.7. The molecule has 5 nitrogen and oxygen atoms in total. The van der Waals surface area contributed by atoms with Crippen molar-refractivity contribution >= 4 is 5.91 Å². The normalized spacial score (nSPS) is 15.3. The Morgan fingerprint density at radius 3 is 2.67 bits per heavy atom. The number of carbonyl (C=O) groups excluding carboxylic acids is 1. The van der Waals surface area contributed by atoms with Gasteiger partial charge in [-0.1, -0.05) is 19.1 Å². The van der Waals surface area contributed by atoms with Gasteiger partial charge in [-0.05, 0) is 25.0 Å². The zero-order chi connectivity index (χ0) is 16.9. The summed E-state index contributed by atoms with van der Waals surface area (Å²) in [7, 11) is 0. The number of hydrogen-bond acceptors (Lipinski definition) is 4.